The van der Waals surface area contributed by atoms with Crippen molar-refractivity contribution in [2.75, 3.05) is 25.0 Å². The minimum atomic E-state index is -1.02. The summed E-state index contributed by atoms with van der Waals surface area (Å²) in [6.07, 6.45) is 3.37. The Labute approximate surface area is 119 Å². The lowest BCUT2D eigenvalue weighted by Crippen LogP contribution is -2.42. The maximum absolute atomic E-state index is 11.0. The van der Waals surface area contributed by atoms with Gasteiger partial charge in [0.1, 0.15) is 0 Å². The van der Waals surface area contributed by atoms with Gasteiger partial charge in [0, 0.05) is 18.3 Å². The second-order valence-corrected chi connectivity index (χ2v) is 5.31. The molecule has 1 aromatic rings. The standard InChI is InChI=1S/C14H22N4O2/c1-3-6-18-7-4-5-11(9-18)16-14-15-10(2)8-12(17-14)13(19)20/h8,11H,3-7,9H2,1-2H3,(H,19,20)(H,15,16,17). The molecule has 1 saturated heterocycles. The number of hydrogen-bond acceptors (Lipinski definition) is 5. The van der Waals surface area contributed by atoms with Crippen LogP contribution in [0.4, 0.5) is 5.95 Å². The molecule has 6 nitrogen and oxygen atoms in total. The maximum Gasteiger partial charge on any atom is 0.354 e. The first-order valence-electron chi connectivity index (χ1n) is 7.16. The second-order valence-electron chi connectivity index (χ2n) is 5.31. The number of rotatable bonds is 5. The highest BCUT2D eigenvalue weighted by atomic mass is 16.4. The molecule has 1 unspecified atom stereocenters. The van der Waals surface area contributed by atoms with Crippen LogP contribution in [0.25, 0.3) is 0 Å². The fourth-order valence-corrected chi connectivity index (χ4v) is 2.62. The van der Waals surface area contributed by atoms with Crippen LogP contribution in [0.3, 0.4) is 0 Å². The molecule has 6 heteroatoms. The monoisotopic (exact) mass is 278 g/mol. The summed E-state index contributed by atoms with van der Waals surface area (Å²) in [5.74, 6) is -0.597. The number of carbonyl (C=O) groups is 1. The van der Waals surface area contributed by atoms with E-state index in [0.717, 1.165) is 38.9 Å². The number of hydrogen-bond donors (Lipinski definition) is 2. The van der Waals surface area contributed by atoms with Crippen molar-refractivity contribution in [2.45, 2.75) is 39.2 Å². The molecular weight excluding hydrogens is 256 g/mol. The molecule has 1 aliphatic rings. The Morgan fingerprint density at radius 1 is 1.55 bits per heavy atom. The molecule has 0 amide bonds. The molecule has 1 atom stereocenters. The highest BCUT2D eigenvalue weighted by Crippen LogP contribution is 2.14. The minimum absolute atomic E-state index is 0.0428. The largest absolute Gasteiger partial charge is 0.477 e. The molecule has 0 spiro atoms. The van der Waals surface area contributed by atoms with Crippen molar-refractivity contribution in [1.82, 2.24) is 14.9 Å². The molecular formula is C14H22N4O2. The van der Waals surface area contributed by atoms with Crippen LogP contribution in [0.2, 0.25) is 0 Å². The van der Waals surface area contributed by atoms with Gasteiger partial charge in [0.25, 0.3) is 0 Å². The van der Waals surface area contributed by atoms with Crippen LogP contribution in [0.1, 0.15) is 42.4 Å². The van der Waals surface area contributed by atoms with E-state index in [-0.39, 0.29) is 5.69 Å². The van der Waals surface area contributed by atoms with Gasteiger partial charge in [-0.05, 0) is 45.3 Å². The van der Waals surface area contributed by atoms with Crippen LogP contribution in [0.5, 0.6) is 0 Å². The van der Waals surface area contributed by atoms with Crippen molar-refractivity contribution >= 4 is 11.9 Å². The van der Waals surface area contributed by atoms with E-state index < -0.39 is 5.97 Å². The summed E-state index contributed by atoms with van der Waals surface area (Å²) in [5, 5.41) is 12.3. The molecule has 0 aliphatic carbocycles. The van der Waals surface area contributed by atoms with Gasteiger partial charge in [0.05, 0.1) is 0 Å². The average molecular weight is 278 g/mol. The van der Waals surface area contributed by atoms with E-state index in [2.05, 4.69) is 27.1 Å². The predicted molar refractivity (Wildman–Crippen MR) is 77.1 cm³/mol. The van der Waals surface area contributed by atoms with Gasteiger partial charge in [-0.15, -0.1) is 0 Å². The lowest BCUT2D eigenvalue weighted by Gasteiger charge is -2.32. The van der Waals surface area contributed by atoms with E-state index in [1.54, 1.807) is 6.92 Å². The Kier molecular flexibility index (Phi) is 4.89. The van der Waals surface area contributed by atoms with Gasteiger partial charge in [-0.1, -0.05) is 6.92 Å². The Hall–Kier alpha value is -1.69. The summed E-state index contributed by atoms with van der Waals surface area (Å²) in [6, 6.07) is 1.77. The molecule has 20 heavy (non-hydrogen) atoms. The van der Waals surface area contributed by atoms with E-state index >= 15 is 0 Å². The Bertz CT molecular complexity index is 476. The predicted octanol–water partition coefficient (Wildman–Crippen LogP) is 1.77. The highest BCUT2D eigenvalue weighted by Gasteiger charge is 2.20. The number of anilines is 1. The van der Waals surface area contributed by atoms with Crippen LogP contribution in [-0.2, 0) is 0 Å². The Morgan fingerprint density at radius 2 is 2.35 bits per heavy atom. The lowest BCUT2D eigenvalue weighted by atomic mass is 10.1. The van der Waals surface area contributed by atoms with Crippen molar-refractivity contribution in [3.63, 3.8) is 0 Å². The third kappa shape index (κ3) is 3.90. The first kappa shape index (κ1) is 14.7. The molecule has 1 fully saturated rings. The zero-order valence-corrected chi connectivity index (χ0v) is 12.1. The number of piperidine rings is 1. The summed E-state index contributed by atoms with van der Waals surface area (Å²) in [6.45, 7) is 7.17. The third-order valence-electron chi connectivity index (χ3n) is 3.45. The number of likely N-dealkylation sites (tertiary alicyclic amines) is 1. The van der Waals surface area contributed by atoms with Crippen LogP contribution < -0.4 is 5.32 Å². The minimum Gasteiger partial charge on any atom is -0.477 e. The molecule has 2 N–H and O–H groups in total. The summed E-state index contributed by atoms with van der Waals surface area (Å²) in [7, 11) is 0. The Morgan fingerprint density at radius 3 is 3.05 bits per heavy atom. The molecule has 0 bridgehead atoms. The number of nitrogens with zero attached hydrogens (tertiary/aromatic N) is 3. The van der Waals surface area contributed by atoms with Crippen LogP contribution in [0.15, 0.2) is 6.07 Å². The van der Waals surface area contributed by atoms with Crippen molar-refractivity contribution in [3.8, 4) is 0 Å². The normalized spacial score (nSPS) is 19.8. The van der Waals surface area contributed by atoms with Crippen LogP contribution >= 0.6 is 0 Å². The summed E-state index contributed by atoms with van der Waals surface area (Å²) < 4.78 is 0. The number of nitrogens with one attached hydrogen (secondary N) is 1. The fourth-order valence-electron chi connectivity index (χ4n) is 2.62. The zero-order valence-electron chi connectivity index (χ0n) is 12.1. The van der Waals surface area contributed by atoms with Crippen molar-refractivity contribution in [3.05, 3.63) is 17.5 Å². The first-order chi connectivity index (χ1) is 9.58. The molecule has 0 radical (unpaired) electrons. The van der Waals surface area contributed by atoms with Gasteiger partial charge in [-0.2, -0.15) is 0 Å². The number of aromatic nitrogens is 2. The van der Waals surface area contributed by atoms with Gasteiger partial charge < -0.3 is 15.3 Å². The van der Waals surface area contributed by atoms with E-state index in [1.165, 1.54) is 6.07 Å². The average Bonchev–Trinajstić information content (AvgIpc) is 2.38. The van der Waals surface area contributed by atoms with E-state index in [0.29, 0.717) is 17.7 Å². The van der Waals surface area contributed by atoms with Gasteiger partial charge in [0.15, 0.2) is 5.69 Å². The molecule has 0 saturated carbocycles. The lowest BCUT2D eigenvalue weighted by molar-refractivity contribution is 0.0690. The van der Waals surface area contributed by atoms with Gasteiger partial charge >= 0.3 is 5.97 Å². The highest BCUT2D eigenvalue weighted by molar-refractivity contribution is 5.85. The molecule has 2 heterocycles. The van der Waals surface area contributed by atoms with E-state index in [4.69, 9.17) is 5.11 Å². The van der Waals surface area contributed by atoms with Crippen LogP contribution in [0, 0.1) is 6.92 Å². The zero-order chi connectivity index (χ0) is 14.5. The summed E-state index contributed by atoms with van der Waals surface area (Å²) in [5.41, 5.74) is 0.711. The molecule has 1 aliphatic heterocycles. The SMILES string of the molecule is CCCN1CCCC(Nc2nc(C)cc(C(=O)O)n2)C1. The summed E-state index contributed by atoms with van der Waals surface area (Å²) in [4.78, 5) is 21.8. The van der Waals surface area contributed by atoms with E-state index in [1.807, 2.05) is 0 Å². The van der Waals surface area contributed by atoms with Crippen molar-refractivity contribution in [2.24, 2.45) is 0 Å². The molecule has 2 rings (SSSR count). The second kappa shape index (κ2) is 6.65. The fraction of sp³-hybridized carbons (Fsp3) is 0.643. The number of carboxylic acid groups (broad SMARTS) is 1. The molecule has 0 aromatic carbocycles. The smallest absolute Gasteiger partial charge is 0.354 e. The molecule has 110 valence electrons. The van der Waals surface area contributed by atoms with Crippen LogP contribution in [-0.4, -0.2) is 51.6 Å². The topological polar surface area (TPSA) is 78.4 Å². The number of aryl methyl sites for hydroxylation is 1. The van der Waals surface area contributed by atoms with Gasteiger partial charge in [0.2, 0.25) is 5.95 Å². The summed E-state index contributed by atoms with van der Waals surface area (Å²) >= 11 is 0. The van der Waals surface area contributed by atoms with Gasteiger partial charge in [-0.25, -0.2) is 14.8 Å². The molecule has 1 aromatic heterocycles. The number of carboxylic acids is 1. The van der Waals surface area contributed by atoms with Crippen molar-refractivity contribution < 1.29 is 9.90 Å². The Balaban J connectivity index is 2.03. The van der Waals surface area contributed by atoms with Gasteiger partial charge in [-0.3, -0.25) is 0 Å². The maximum atomic E-state index is 11.0. The first-order valence-corrected chi connectivity index (χ1v) is 7.16. The quantitative estimate of drug-likeness (QED) is 0.854. The van der Waals surface area contributed by atoms with E-state index in [9.17, 15) is 4.79 Å². The van der Waals surface area contributed by atoms with Crippen molar-refractivity contribution in [1.29, 1.82) is 0 Å². The third-order valence-corrected chi connectivity index (χ3v) is 3.45. The number of aromatic carboxylic acids is 1.